The fraction of sp³-hybridized carbons (Fsp3) is 0. The highest BCUT2D eigenvalue weighted by molar-refractivity contribution is 6.10. The third-order valence-electron chi connectivity index (χ3n) is 11.7. The lowest BCUT2D eigenvalue weighted by atomic mass is 9.99. The molecule has 0 bridgehead atoms. The maximum Gasteiger partial charge on any atom is 0.0540 e. The van der Waals surface area contributed by atoms with E-state index in [1.165, 1.54) is 43.1 Å². The van der Waals surface area contributed by atoms with E-state index in [2.05, 4.69) is 263 Å². The molecule has 0 amide bonds. The summed E-state index contributed by atoms with van der Waals surface area (Å²) in [6, 6.07) is 89.5. The second kappa shape index (κ2) is 15.6. The van der Waals surface area contributed by atoms with E-state index in [0.29, 0.717) is 0 Å². The van der Waals surface area contributed by atoms with E-state index in [0.717, 1.165) is 51.2 Å². The van der Waals surface area contributed by atoms with Crippen molar-refractivity contribution in [3.05, 3.63) is 249 Å². The first-order valence-electron chi connectivity index (χ1n) is 20.8. The van der Waals surface area contributed by atoms with Crippen LogP contribution in [-0.2, 0) is 0 Å². The van der Waals surface area contributed by atoms with Crippen molar-refractivity contribution < 1.29 is 0 Å². The van der Waals surface area contributed by atoms with Crippen LogP contribution in [0.4, 0.5) is 51.2 Å². The molecular weight excluding hydrogens is 739 g/mol. The molecule has 61 heavy (non-hydrogen) atoms. The number of hydrogen-bond acceptors (Lipinski definition) is 3. The third-order valence-corrected chi connectivity index (χ3v) is 11.7. The van der Waals surface area contributed by atoms with Crippen LogP contribution in [0.25, 0.3) is 43.1 Å². The van der Waals surface area contributed by atoms with E-state index >= 15 is 0 Å². The van der Waals surface area contributed by atoms with Crippen LogP contribution in [0, 0.1) is 0 Å². The molecule has 0 saturated heterocycles. The van der Waals surface area contributed by atoms with Gasteiger partial charge in [-0.1, -0.05) is 152 Å². The van der Waals surface area contributed by atoms with Gasteiger partial charge in [-0.15, -0.1) is 0 Å². The van der Waals surface area contributed by atoms with Gasteiger partial charge >= 0.3 is 0 Å². The standard InChI is InChI=1S/C58H41N3/c1-4-20-46(21-5-1)59(49-32-34-50(35-33-49)60(47-22-6-2-7-23-47)57-28-14-18-42-16-10-12-26-55(42)57)51-36-38-53-44(40-51)30-31-45-41-52(37-39-54(45)53)61(48-24-8-3-9-25-48)58-29-15-19-43-17-11-13-27-56(43)58/h1-41H. The minimum absolute atomic E-state index is 1.08. The van der Waals surface area contributed by atoms with Gasteiger partial charge in [-0.25, -0.2) is 0 Å². The van der Waals surface area contributed by atoms with Crippen LogP contribution in [0.2, 0.25) is 0 Å². The van der Waals surface area contributed by atoms with Crippen LogP contribution in [-0.4, -0.2) is 0 Å². The monoisotopic (exact) mass is 779 g/mol. The van der Waals surface area contributed by atoms with Gasteiger partial charge in [-0.3, -0.25) is 0 Å². The zero-order valence-corrected chi connectivity index (χ0v) is 33.5. The maximum atomic E-state index is 2.37. The molecule has 0 saturated carbocycles. The van der Waals surface area contributed by atoms with Crippen molar-refractivity contribution in [3.63, 3.8) is 0 Å². The normalized spacial score (nSPS) is 11.3. The molecular formula is C58H41N3. The predicted molar refractivity (Wildman–Crippen MR) is 261 cm³/mol. The molecule has 0 unspecified atom stereocenters. The smallest absolute Gasteiger partial charge is 0.0540 e. The van der Waals surface area contributed by atoms with Crippen LogP contribution in [0.5, 0.6) is 0 Å². The molecule has 0 heterocycles. The fourth-order valence-corrected chi connectivity index (χ4v) is 8.91. The van der Waals surface area contributed by atoms with Crippen molar-refractivity contribution in [2.24, 2.45) is 0 Å². The predicted octanol–water partition coefficient (Wildman–Crippen LogP) is 16.7. The molecule has 0 aliphatic rings. The van der Waals surface area contributed by atoms with E-state index in [-0.39, 0.29) is 0 Å². The number of nitrogens with zero attached hydrogens (tertiary/aromatic N) is 3. The van der Waals surface area contributed by atoms with Gasteiger partial charge < -0.3 is 14.7 Å². The maximum absolute atomic E-state index is 2.37. The lowest BCUT2D eigenvalue weighted by Crippen LogP contribution is -2.12. The van der Waals surface area contributed by atoms with Crippen LogP contribution in [0.15, 0.2) is 249 Å². The van der Waals surface area contributed by atoms with E-state index in [4.69, 9.17) is 0 Å². The summed E-state index contributed by atoms with van der Waals surface area (Å²) in [5, 5.41) is 9.70. The molecule has 11 aromatic rings. The van der Waals surface area contributed by atoms with Gasteiger partial charge in [0.15, 0.2) is 0 Å². The summed E-state index contributed by atoms with van der Waals surface area (Å²) in [5.41, 5.74) is 10.0. The number of para-hydroxylation sites is 3. The highest BCUT2D eigenvalue weighted by Gasteiger charge is 2.19. The zero-order chi connectivity index (χ0) is 40.5. The molecule has 3 heteroatoms. The number of hydrogen-bond donors (Lipinski definition) is 0. The molecule has 0 fully saturated rings. The molecule has 0 aliphatic carbocycles. The van der Waals surface area contributed by atoms with Gasteiger partial charge in [0.2, 0.25) is 0 Å². The Kier molecular flexibility index (Phi) is 9.18. The molecule has 288 valence electrons. The van der Waals surface area contributed by atoms with Crippen molar-refractivity contribution in [3.8, 4) is 0 Å². The quantitative estimate of drug-likeness (QED) is 0.135. The summed E-state index contributed by atoms with van der Waals surface area (Å²) >= 11 is 0. The molecule has 0 N–H and O–H groups in total. The number of fused-ring (bicyclic) bond motifs is 5. The van der Waals surface area contributed by atoms with Crippen molar-refractivity contribution >= 4 is 94.3 Å². The van der Waals surface area contributed by atoms with E-state index in [9.17, 15) is 0 Å². The summed E-state index contributed by atoms with van der Waals surface area (Å²) in [6.45, 7) is 0. The minimum Gasteiger partial charge on any atom is -0.310 e. The Bertz CT molecular complexity index is 3300. The van der Waals surface area contributed by atoms with Crippen LogP contribution in [0.3, 0.4) is 0 Å². The zero-order valence-electron chi connectivity index (χ0n) is 33.5. The average Bonchev–Trinajstić information content (AvgIpc) is 3.33. The average molecular weight is 780 g/mol. The number of rotatable bonds is 9. The van der Waals surface area contributed by atoms with Gasteiger partial charge in [-0.2, -0.15) is 0 Å². The number of anilines is 9. The molecule has 11 aromatic carbocycles. The van der Waals surface area contributed by atoms with Crippen LogP contribution >= 0.6 is 0 Å². The Morgan fingerprint density at radius 1 is 0.180 bits per heavy atom. The van der Waals surface area contributed by atoms with Crippen molar-refractivity contribution in [1.29, 1.82) is 0 Å². The summed E-state index contributed by atoms with van der Waals surface area (Å²) in [6.07, 6.45) is 0. The third kappa shape index (κ3) is 6.69. The largest absolute Gasteiger partial charge is 0.310 e. The minimum atomic E-state index is 1.08. The summed E-state index contributed by atoms with van der Waals surface area (Å²) in [7, 11) is 0. The Labute approximate surface area is 356 Å². The second-order valence-electron chi connectivity index (χ2n) is 15.4. The Morgan fingerprint density at radius 2 is 0.508 bits per heavy atom. The van der Waals surface area contributed by atoms with Gasteiger partial charge in [0, 0.05) is 50.6 Å². The molecule has 0 radical (unpaired) electrons. The summed E-state index contributed by atoms with van der Waals surface area (Å²) in [5.74, 6) is 0. The van der Waals surface area contributed by atoms with Gasteiger partial charge in [0.1, 0.15) is 0 Å². The van der Waals surface area contributed by atoms with Crippen LogP contribution in [0.1, 0.15) is 0 Å². The molecule has 11 rings (SSSR count). The Balaban J connectivity index is 0.985. The highest BCUT2D eigenvalue weighted by atomic mass is 15.2. The lowest BCUT2D eigenvalue weighted by molar-refractivity contribution is 1.26. The highest BCUT2D eigenvalue weighted by Crippen LogP contribution is 2.44. The van der Waals surface area contributed by atoms with E-state index in [1.807, 2.05) is 0 Å². The van der Waals surface area contributed by atoms with Crippen molar-refractivity contribution in [2.45, 2.75) is 0 Å². The SMILES string of the molecule is c1ccc(N(c2ccc(N(c3ccccc3)c3cccc4ccccc34)cc2)c2ccc3c(ccc4cc(N(c5ccccc5)c5cccc6ccccc56)ccc43)c2)cc1. The Morgan fingerprint density at radius 3 is 0.984 bits per heavy atom. The first kappa shape index (κ1) is 36.0. The van der Waals surface area contributed by atoms with Gasteiger partial charge in [-0.05, 0) is 129 Å². The van der Waals surface area contributed by atoms with E-state index < -0.39 is 0 Å². The fourth-order valence-electron chi connectivity index (χ4n) is 8.91. The molecule has 0 spiro atoms. The molecule has 0 aromatic heterocycles. The first-order valence-corrected chi connectivity index (χ1v) is 20.8. The van der Waals surface area contributed by atoms with Crippen LogP contribution < -0.4 is 14.7 Å². The molecule has 3 nitrogen and oxygen atoms in total. The Hall–Kier alpha value is -8.14. The topological polar surface area (TPSA) is 9.72 Å². The first-order chi connectivity index (χ1) is 30.3. The van der Waals surface area contributed by atoms with Crippen molar-refractivity contribution in [1.82, 2.24) is 0 Å². The van der Waals surface area contributed by atoms with Gasteiger partial charge in [0.05, 0.1) is 11.4 Å². The van der Waals surface area contributed by atoms with Gasteiger partial charge in [0.25, 0.3) is 0 Å². The lowest BCUT2D eigenvalue weighted by Gasteiger charge is -2.29. The number of benzene rings is 11. The molecule has 0 aliphatic heterocycles. The van der Waals surface area contributed by atoms with Crippen molar-refractivity contribution in [2.75, 3.05) is 14.7 Å². The molecule has 0 atom stereocenters. The van der Waals surface area contributed by atoms with E-state index in [1.54, 1.807) is 0 Å². The second-order valence-corrected chi connectivity index (χ2v) is 15.4. The summed E-state index contributed by atoms with van der Waals surface area (Å²) in [4.78, 5) is 7.08. The summed E-state index contributed by atoms with van der Waals surface area (Å²) < 4.78 is 0.